The summed E-state index contributed by atoms with van der Waals surface area (Å²) >= 11 is 0. The summed E-state index contributed by atoms with van der Waals surface area (Å²) in [5.74, 6) is -0.228. The highest BCUT2D eigenvalue weighted by Crippen LogP contribution is 2.16. The molecule has 1 aliphatic rings. The second kappa shape index (κ2) is 7.03. The molecule has 3 rings (SSSR count). The maximum atomic E-state index is 13.0. The van der Waals surface area contributed by atoms with E-state index >= 15 is 0 Å². The minimum absolute atomic E-state index is 0.228. The topological polar surface area (TPSA) is 30.3 Å². The van der Waals surface area contributed by atoms with E-state index < -0.39 is 0 Å². The van der Waals surface area contributed by atoms with Crippen molar-refractivity contribution >= 4 is 0 Å². The van der Waals surface area contributed by atoms with E-state index in [4.69, 9.17) is 4.74 Å². The molecule has 4 nitrogen and oxygen atoms in total. The summed E-state index contributed by atoms with van der Waals surface area (Å²) in [5, 5.41) is 4.58. The van der Waals surface area contributed by atoms with Gasteiger partial charge in [0, 0.05) is 32.4 Å². The van der Waals surface area contributed by atoms with Gasteiger partial charge in [-0.15, -0.1) is 0 Å². The summed E-state index contributed by atoms with van der Waals surface area (Å²) in [6.45, 7) is 5.80. The molecule has 2 aromatic rings. The lowest BCUT2D eigenvalue weighted by molar-refractivity contribution is 0.0122. The average Bonchev–Trinajstić information content (AvgIpc) is 2.99. The standard InChI is InChI=1S/C17H22FN3O/c1-2-22-17-8-10-20(11-9-17)13-15-7-12-21(19-15)16-5-3-14(18)4-6-16/h3-7,12,17H,2,8-11,13H2,1H3. The van der Waals surface area contributed by atoms with Crippen molar-refractivity contribution in [2.24, 2.45) is 0 Å². The average molecular weight is 303 g/mol. The molecule has 0 bridgehead atoms. The van der Waals surface area contributed by atoms with Crippen LogP contribution in [0.25, 0.3) is 5.69 Å². The fourth-order valence-corrected chi connectivity index (χ4v) is 2.88. The van der Waals surface area contributed by atoms with Crippen LogP contribution in [0.5, 0.6) is 0 Å². The lowest BCUT2D eigenvalue weighted by Crippen LogP contribution is -2.36. The van der Waals surface area contributed by atoms with Crippen molar-refractivity contribution < 1.29 is 9.13 Å². The van der Waals surface area contributed by atoms with Gasteiger partial charge in [-0.1, -0.05) is 0 Å². The molecule has 0 N–H and O–H groups in total. The van der Waals surface area contributed by atoms with Crippen LogP contribution >= 0.6 is 0 Å². The van der Waals surface area contributed by atoms with E-state index in [2.05, 4.69) is 16.9 Å². The molecule has 0 radical (unpaired) electrons. The second-order valence-electron chi connectivity index (χ2n) is 5.66. The summed E-state index contributed by atoms with van der Waals surface area (Å²) in [7, 11) is 0. The van der Waals surface area contributed by atoms with Gasteiger partial charge < -0.3 is 4.74 Å². The molecule has 2 heterocycles. The maximum Gasteiger partial charge on any atom is 0.123 e. The Hall–Kier alpha value is -1.72. The van der Waals surface area contributed by atoms with Gasteiger partial charge in [0.1, 0.15) is 5.82 Å². The van der Waals surface area contributed by atoms with E-state index in [-0.39, 0.29) is 5.82 Å². The molecule has 0 amide bonds. The lowest BCUT2D eigenvalue weighted by atomic mass is 10.1. The molecule has 0 atom stereocenters. The molecule has 0 spiro atoms. The first-order valence-electron chi connectivity index (χ1n) is 7.89. The van der Waals surface area contributed by atoms with Crippen LogP contribution in [0, 0.1) is 5.82 Å². The Morgan fingerprint density at radius 3 is 2.59 bits per heavy atom. The first-order chi connectivity index (χ1) is 10.7. The Bertz CT molecular complexity index is 588. The number of ether oxygens (including phenoxy) is 1. The molecule has 118 valence electrons. The van der Waals surface area contributed by atoms with Crippen molar-refractivity contribution in [1.82, 2.24) is 14.7 Å². The number of rotatable bonds is 5. The molecule has 22 heavy (non-hydrogen) atoms. The van der Waals surface area contributed by atoms with Gasteiger partial charge in [-0.25, -0.2) is 9.07 Å². The van der Waals surface area contributed by atoms with E-state index in [0.29, 0.717) is 6.10 Å². The van der Waals surface area contributed by atoms with Gasteiger partial charge in [0.2, 0.25) is 0 Å². The zero-order chi connectivity index (χ0) is 15.4. The van der Waals surface area contributed by atoms with Gasteiger partial charge >= 0.3 is 0 Å². The highest BCUT2D eigenvalue weighted by Gasteiger charge is 2.19. The van der Waals surface area contributed by atoms with Crippen molar-refractivity contribution in [3.05, 3.63) is 48.0 Å². The molecular weight excluding hydrogens is 281 g/mol. The Morgan fingerprint density at radius 1 is 1.18 bits per heavy atom. The van der Waals surface area contributed by atoms with Gasteiger partial charge in [0.05, 0.1) is 17.5 Å². The number of hydrogen-bond acceptors (Lipinski definition) is 3. The smallest absolute Gasteiger partial charge is 0.123 e. The van der Waals surface area contributed by atoms with Crippen LogP contribution in [0.4, 0.5) is 4.39 Å². The number of benzene rings is 1. The van der Waals surface area contributed by atoms with Crippen molar-refractivity contribution in [2.75, 3.05) is 19.7 Å². The van der Waals surface area contributed by atoms with Crippen LogP contribution in [0.3, 0.4) is 0 Å². The Morgan fingerprint density at radius 2 is 1.91 bits per heavy atom. The predicted octanol–water partition coefficient (Wildman–Crippen LogP) is 3.01. The fraction of sp³-hybridized carbons (Fsp3) is 0.471. The number of piperidine rings is 1. The van der Waals surface area contributed by atoms with Crippen molar-refractivity contribution in [1.29, 1.82) is 0 Å². The summed E-state index contributed by atoms with van der Waals surface area (Å²) < 4.78 is 20.4. The van der Waals surface area contributed by atoms with E-state index in [9.17, 15) is 4.39 Å². The lowest BCUT2D eigenvalue weighted by Gasteiger charge is -2.31. The van der Waals surface area contributed by atoms with E-state index in [1.165, 1.54) is 12.1 Å². The van der Waals surface area contributed by atoms with Gasteiger partial charge in [0.25, 0.3) is 0 Å². The largest absolute Gasteiger partial charge is 0.378 e. The van der Waals surface area contributed by atoms with Crippen LogP contribution in [0.2, 0.25) is 0 Å². The molecule has 1 aromatic heterocycles. The second-order valence-corrected chi connectivity index (χ2v) is 5.66. The third-order valence-corrected chi connectivity index (χ3v) is 4.06. The van der Waals surface area contributed by atoms with Crippen LogP contribution < -0.4 is 0 Å². The minimum Gasteiger partial charge on any atom is -0.378 e. The Kier molecular flexibility index (Phi) is 4.85. The number of nitrogens with zero attached hydrogens (tertiary/aromatic N) is 3. The van der Waals surface area contributed by atoms with Crippen LogP contribution in [-0.2, 0) is 11.3 Å². The zero-order valence-electron chi connectivity index (χ0n) is 12.9. The molecule has 5 heteroatoms. The van der Waals surface area contributed by atoms with E-state index in [1.807, 2.05) is 12.3 Å². The van der Waals surface area contributed by atoms with Gasteiger partial charge in [0.15, 0.2) is 0 Å². The van der Waals surface area contributed by atoms with Crippen molar-refractivity contribution in [2.45, 2.75) is 32.4 Å². The number of aromatic nitrogens is 2. The van der Waals surface area contributed by atoms with Crippen LogP contribution in [0.15, 0.2) is 36.5 Å². The number of hydrogen-bond donors (Lipinski definition) is 0. The Balaban J connectivity index is 1.57. The Labute approximate surface area is 130 Å². The normalized spacial score (nSPS) is 17.0. The molecule has 0 aliphatic carbocycles. The fourth-order valence-electron chi connectivity index (χ4n) is 2.88. The van der Waals surface area contributed by atoms with Gasteiger partial charge in [-0.3, -0.25) is 4.90 Å². The van der Waals surface area contributed by atoms with Crippen LogP contribution in [-0.4, -0.2) is 40.5 Å². The first kappa shape index (κ1) is 15.2. The van der Waals surface area contributed by atoms with Crippen LogP contribution in [0.1, 0.15) is 25.5 Å². The van der Waals surface area contributed by atoms with E-state index in [0.717, 1.165) is 50.5 Å². The third kappa shape index (κ3) is 3.72. The zero-order valence-corrected chi connectivity index (χ0v) is 12.9. The van der Waals surface area contributed by atoms with Crippen molar-refractivity contribution in [3.8, 4) is 5.69 Å². The molecule has 0 saturated carbocycles. The van der Waals surface area contributed by atoms with Crippen molar-refractivity contribution in [3.63, 3.8) is 0 Å². The van der Waals surface area contributed by atoms with Gasteiger partial charge in [-0.05, 0) is 50.1 Å². The summed E-state index contributed by atoms with van der Waals surface area (Å²) in [5.41, 5.74) is 1.92. The quantitative estimate of drug-likeness (QED) is 0.850. The SMILES string of the molecule is CCOC1CCN(Cc2ccn(-c3ccc(F)cc3)n2)CC1. The molecular formula is C17H22FN3O. The number of halogens is 1. The highest BCUT2D eigenvalue weighted by atomic mass is 19.1. The maximum absolute atomic E-state index is 13.0. The third-order valence-electron chi connectivity index (χ3n) is 4.06. The predicted molar refractivity (Wildman–Crippen MR) is 83.4 cm³/mol. The molecule has 1 aromatic carbocycles. The molecule has 1 aliphatic heterocycles. The number of likely N-dealkylation sites (tertiary alicyclic amines) is 1. The minimum atomic E-state index is -0.228. The van der Waals surface area contributed by atoms with Gasteiger partial charge in [-0.2, -0.15) is 5.10 Å². The molecule has 1 fully saturated rings. The highest BCUT2D eigenvalue weighted by molar-refractivity contribution is 5.31. The monoisotopic (exact) mass is 303 g/mol. The molecule has 0 unspecified atom stereocenters. The summed E-state index contributed by atoms with van der Waals surface area (Å²) in [6.07, 6.45) is 4.52. The van der Waals surface area contributed by atoms with E-state index in [1.54, 1.807) is 16.8 Å². The molecule has 1 saturated heterocycles. The summed E-state index contributed by atoms with van der Waals surface area (Å²) in [4.78, 5) is 2.41. The summed E-state index contributed by atoms with van der Waals surface area (Å²) in [6, 6.07) is 8.40. The first-order valence-corrected chi connectivity index (χ1v) is 7.89.